The van der Waals surface area contributed by atoms with E-state index in [1.54, 1.807) is 6.07 Å². The molecule has 1 aliphatic carbocycles. The molecule has 3 heterocycles. The fraction of sp³-hybridized carbons (Fsp3) is 0.565. The number of ether oxygens (including phenoxy) is 1. The van der Waals surface area contributed by atoms with Crippen molar-refractivity contribution in [3.8, 4) is 0 Å². The predicted octanol–water partition coefficient (Wildman–Crippen LogP) is 2.72. The van der Waals surface area contributed by atoms with E-state index in [4.69, 9.17) is 4.74 Å². The van der Waals surface area contributed by atoms with Crippen molar-refractivity contribution in [2.45, 2.75) is 59.1 Å². The summed E-state index contributed by atoms with van der Waals surface area (Å²) in [7, 11) is 0. The molecule has 1 aliphatic heterocycles. The normalized spacial score (nSPS) is 26.9. The fourth-order valence-electron chi connectivity index (χ4n) is 4.90. The van der Waals surface area contributed by atoms with Gasteiger partial charge < -0.3 is 9.64 Å². The lowest BCUT2D eigenvalue weighted by Crippen LogP contribution is -2.45. The second kappa shape index (κ2) is 8.20. The molecule has 4 rings (SSSR count). The monoisotopic (exact) mass is 411 g/mol. The van der Waals surface area contributed by atoms with E-state index in [-0.39, 0.29) is 30.5 Å². The van der Waals surface area contributed by atoms with E-state index in [2.05, 4.69) is 18.8 Å². The maximum Gasteiger partial charge on any atom is 0.311 e. The van der Waals surface area contributed by atoms with Crippen LogP contribution < -0.4 is 5.56 Å². The first-order valence-electron chi connectivity index (χ1n) is 10.8. The first-order valence-corrected chi connectivity index (χ1v) is 10.8. The number of esters is 1. The van der Waals surface area contributed by atoms with Crippen LogP contribution in [0.4, 0.5) is 0 Å². The minimum absolute atomic E-state index is 0.0421. The number of hydrogen-bond acceptors (Lipinski definition) is 5. The highest BCUT2D eigenvalue weighted by molar-refractivity contribution is 5.87. The molecular weight excluding hydrogens is 382 g/mol. The molecule has 1 saturated carbocycles. The average Bonchev–Trinajstić information content (AvgIpc) is 3.09. The maximum absolute atomic E-state index is 12.6. The number of fused-ring (bicyclic) bond motifs is 1. The molecule has 1 saturated heterocycles. The summed E-state index contributed by atoms with van der Waals surface area (Å²) in [6, 6.07) is 7.03. The summed E-state index contributed by atoms with van der Waals surface area (Å²) in [5.74, 6) is 0.222. The minimum atomic E-state index is -0.453. The molecule has 2 aromatic rings. The van der Waals surface area contributed by atoms with E-state index in [0.29, 0.717) is 29.7 Å². The third kappa shape index (κ3) is 3.85. The van der Waals surface area contributed by atoms with E-state index in [1.807, 2.05) is 24.0 Å². The summed E-state index contributed by atoms with van der Waals surface area (Å²) in [5.41, 5.74) is 1.53. The van der Waals surface area contributed by atoms with Crippen molar-refractivity contribution in [2.75, 3.05) is 6.54 Å². The lowest BCUT2D eigenvalue weighted by atomic mass is 9.77. The molecule has 0 spiro atoms. The molecule has 0 N–H and O–H groups in total. The van der Waals surface area contributed by atoms with E-state index in [9.17, 15) is 14.4 Å². The molecule has 7 nitrogen and oxygen atoms in total. The number of likely N-dealkylation sites (tertiary alicyclic amines) is 1. The van der Waals surface area contributed by atoms with Crippen LogP contribution in [-0.2, 0) is 20.9 Å². The van der Waals surface area contributed by atoms with Crippen LogP contribution in [0.25, 0.3) is 5.65 Å². The van der Waals surface area contributed by atoms with Gasteiger partial charge in [0.05, 0.1) is 11.6 Å². The van der Waals surface area contributed by atoms with Crippen LogP contribution >= 0.6 is 0 Å². The van der Waals surface area contributed by atoms with Crippen molar-refractivity contribution in [2.24, 2.45) is 17.8 Å². The first-order chi connectivity index (χ1) is 14.3. The topological polar surface area (TPSA) is 81.0 Å². The Morgan fingerprint density at radius 1 is 1.23 bits per heavy atom. The van der Waals surface area contributed by atoms with E-state index in [1.165, 1.54) is 16.9 Å². The average molecular weight is 412 g/mol. The zero-order valence-corrected chi connectivity index (χ0v) is 17.8. The summed E-state index contributed by atoms with van der Waals surface area (Å²) < 4.78 is 6.97. The summed E-state index contributed by atoms with van der Waals surface area (Å²) in [4.78, 5) is 43.9. The third-order valence-corrected chi connectivity index (χ3v) is 6.85. The van der Waals surface area contributed by atoms with Gasteiger partial charge in [-0.3, -0.25) is 18.8 Å². The highest BCUT2D eigenvalue weighted by Crippen LogP contribution is 2.35. The third-order valence-electron chi connectivity index (χ3n) is 6.85. The molecule has 2 aliphatic rings. The van der Waals surface area contributed by atoms with Gasteiger partial charge in [0.2, 0.25) is 5.91 Å². The summed E-state index contributed by atoms with van der Waals surface area (Å²) in [5, 5.41) is 0. The number of rotatable bonds is 4. The molecular formula is C23H29N3O4. The molecule has 2 fully saturated rings. The number of carbonyl (C=O) groups excluding carboxylic acids is 2. The zero-order valence-electron chi connectivity index (χ0n) is 17.8. The van der Waals surface area contributed by atoms with E-state index in [0.717, 1.165) is 18.5 Å². The first kappa shape index (κ1) is 20.6. The van der Waals surface area contributed by atoms with Crippen LogP contribution in [0.2, 0.25) is 0 Å². The fourth-order valence-corrected chi connectivity index (χ4v) is 4.90. The summed E-state index contributed by atoms with van der Waals surface area (Å²) in [6.45, 7) is 6.64. The largest absolute Gasteiger partial charge is 0.459 e. The van der Waals surface area contributed by atoms with Crippen molar-refractivity contribution in [3.63, 3.8) is 0 Å². The van der Waals surface area contributed by atoms with Gasteiger partial charge in [0.25, 0.3) is 5.56 Å². The molecule has 0 radical (unpaired) electrons. The quantitative estimate of drug-likeness (QED) is 0.723. The molecule has 7 heteroatoms. The van der Waals surface area contributed by atoms with Gasteiger partial charge in [-0.1, -0.05) is 32.8 Å². The lowest BCUT2D eigenvalue weighted by molar-refractivity contribution is -0.149. The Kier molecular flexibility index (Phi) is 5.62. The van der Waals surface area contributed by atoms with Crippen LogP contribution in [-0.4, -0.2) is 38.7 Å². The second-order valence-corrected chi connectivity index (χ2v) is 8.84. The standard InChI is InChI=1S/C23H29N3O4/c1-14-6-4-8-19(16(14)3)25-12-17(10-21(25)27)23(29)30-13-18-11-22(28)26-15(2)7-5-9-20(26)24-18/h5,7,9,11,14,16-17,19H,4,6,8,10,12-13H2,1-3H3/t14-,16-,17+,19-/m0/s1. The maximum atomic E-state index is 12.6. The van der Waals surface area contributed by atoms with Crippen LogP contribution in [0, 0.1) is 24.7 Å². The Bertz CT molecular complexity index is 1030. The number of pyridine rings is 1. The van der Waals surface area contributed by atoms with Gasteiger partial charge in [-0.2, -0.15) is 0 Å². The van der Waals surface area contributed by atoms with E-state index < -0.39 is 11.9 Å². The summed E-state index contributed by atoms with van der Waals surface area (Å²) >= 11 is 0. The number of hydrogen-bond donors (Lipinski definition) is 0. The van der Waals surface area contributed by atoms with Crippen LogP contribution in [0.15, 0.2) is 29.1 Å². The van der Waals surface area contributed by atoms with Crippen LogP contribution in [0.3, 0.4) is 0 Å². The lowest BCUT2D eigenvalue weighted by Gasteiger charge is -2.39. The molecule has 1 amide bonds. The number of nitrogens with zero attached hydrogens (tertiary/aromatic N) is 3. The Labute approximate surface area is 176 Å². The second-order valence-electron chi connectivity index (χ2n) is 8.84. The zero-order chi connectivity index (χ0) is 21.4. The number of aryl methyl sites for hydroxylation is 1. The SMILES string of the molecule is Cc1cccc2nc(COC(=O)[C@@H]3CC(=O)N([C@H]4CCC[C@H](C)[C@@H]4C)C3)cc(=O)n12. The molecule has 0 aromatic carbocycles. The molecule has 0 unspecified atom stereocenters. The highest BCUT2D eigenvalue weighted by Gasteiger charge is 2.42. The van der Waals surface area contributed by atoms with Crippen molar-refractivity contribution >= 4 is 17.5 Å². The van der Waals surface area contributed by atoms with Gasteiger partial charge in [0.15, 0.2) is 0 Å². The van der Waals surface area contributed by atoms with Gasteiger partial charge in [0.1, 0.15) is 12.3 Å². The van der Waals surface area contributed by atoms with Crippen molar-refractivity contribution < 1.29 is 14.3 Å². The van der Waals surface area contributed by atoms with Gasteiger partial charge >= 0.3 is 5.97 Å². The van der Waals surface area contributed by atoms with Gasteiger partial charge in [-0.25, -0.2) is 4.98 Å². The predicted molar refractivity (Wildman–Crippen MR) is 112 cm³/mol. The number of carbonyl (C=O) groups is 2. The number of amides is 1. The number of aromatic nitrogens is 2. The Hall–Kier alpha value is -2.70. The molecule has 2 aromatic heterocycles. The molecule has 30 heavy (non-hydrogen) atoms. The smallest absolute Gasteiger partial charge is 0.311 e. The van der Waals surface area contributed by atoms with Crippen molar-refractivity contribution in [3.05, 3.63) is 46.0 Å². The highest BCUT2D eigenvalue weighted by atomic mass is 16.5. The van der Waals surface area contributed by atoms with Gasteiger partial charge in [-0.15, -0.1) is 0 Å². The van der Waals surface area contributed by atoms with Gasteiger partial charge in [-0.05, 0) is 37.3 Å². The van der Waals surface area contributed by atoms with Gasteiger partial charge in [0, 0.05) is 30.8 Å². The van der Waals surface area contributed by atoms with Crippen molar-refractivity contribution in [1.29, 1.82) is 0 Å². The minimum Gasteiger partial charge on any atom is -0.459 e. The Morgan fingerprint density at radius 2 is 2.03 bits per heavy atom. The Balaban J connectivity index is 1.41. The molecule has 4 atom stereocenters. The molecule has 160 valence electrons. The summed E-state index contributed by atoms with van der Waals surface area (Å²) in [6.07, 6.45) is 3.52. The molecule has 0 bridgehead atoms. The van der Waals surface area contributed by atoms with E-state index >= 15 is 0 Å². The Morgan fingerprint density at radius 3 is 2.83 bits per heavy atom. The van der Waals surface area contributed by atoms with Crippen molar-refractivity contribution in [1.82, 2.24) is 14.3 Å². The van der Waals surface area contributed by atoms with Crippen LogP contribution in [0.1, 0.15) is 50.9 Å². The van der Waals surface area contributed by atoms with Crippen LogP contribution in [0.5, 0.6) is 0 Å².